The Kier molecular flexibility index (Phi) is 5.24. The second-order valence-electron chi connectivity index (χ2n) is 8.47. The average molecular weight is 445 g/mol. The summed E-state index contributed by atoms with van der Waals surface area (Å²) in [6.07, 6.45) is 2.81. The van der Waals surface area contributed by atoms with Crippen LogP contribution < -0.4 is 15.0 Å². The number of hydrogen-bond acceptors (Lipinski definition) is 6. The van der Waals surface area contributed by atoms with Gasteiger partial charge in [0.15, 0.2) is 0 Å². The van der Waals surface area contributed by atoms with Crippen molar-refractivity contribution in [3.8, 4) is 5.75 Å². The second-order valence-corrected chi connectivity index (χ2v) is 8.47. The maximum atomic E-state index is 15.1. The molecule has 1 saturated heterocycles. The Bertz CT molecular complexity index is 1010. The smallest absolute Gasteiger partial charge is 0.415 e. The molecule has 5 rings (SSSR count). The average Bonchev–Trinajstić information content (AvgIpc) is 3.60. The number of amides is 3. The number of nitrogens with zero attached hydrogens (tertiary/aromatic N) is 2. The Hall–Kier alpha value is -3.14. The van der Waals surface area contributed by atoms with Crippen molar-refractivity contribution >= 4 is 29.2 Å². The lowest BCUT2D eigenvalue weighted by Crippen LogP contribution is -2.48. The minimum absolute atomic E-state index is 0.0349. The summed E-state index contributed by atoms with van der Waals surface area (Å²) in [4.78, 5) is 39.0. The van der Waals surface area contributed by atoms with E-state index in [0.29, 0.717) is 36.5 Å². The van der Waals surface area contributed by atoms with Crippen molar-refractivity contribution in [3.63, 3.8) is 0 Å². The van der Waals surface area contributed by atoms with Crippen molar-refractivity contribution in [2.75, 3.05) is 37.7 Å². The standard InChI is InChI=1S/C22H24FN3O6/c23-15-8-16-18(7-14(15)12-3-5-25(6-4-12)20(28)10-27)31-11-17-19(32-22(30)26(16)17)9-24-21(29)13-1-2-13/h3,7-8,13,17,19,27H,1-2,4-6,9-11H2,(H,24,29)/t17-,19-/m0/s1. The highest BCUT2D eigenvalue weighted by Crippen LogP contribution is 2.42. The van der Waals surface area contributed by atoms with Gasteiger partial charge >= 0.3 is 6.09 Å². The van der Waals surface area contributed by atoms with Crippen LogP contribution in [0.5, 0.6) is 5.75 Å². The van der Waals surface area contributed by atoms with E-state index in [4.69, 9.17) is 14.6 Å². The van der Waals surface area contributed by atoms with Crippen LogP contribution in [0, 0.1) is 11.7 Å². The SMILES string of the molecule is O=C(NC[C@@H]1OC(=O)N2c3cc(F)c(C4=CCN(C(=O)CO)CC4)cc3OC[C@@H]12)C1CC1. The normalized spacial score (nSPS) is 24.2. The van der Waals surface area contributed by atoms with E-state index >= 15 is 4.39 Å². The molecular weight excluding hydrogens is 421 g/mol. The number of anilines is 1. The van der Waals surface area contributed by atoms with E-state index in [9.17, 15) is 14.4 Å². The number of carbonyl (C=O) groups excluding carboxylic acids is 3. The van der Waals surface area contributed by atoms with Crippen LogP contribution in [-0.4, -0.2) is 72.9 Å². The Morgan fingerprint density at radius 2 is 2.09 bits per heavy atom. The molecule has 0 bridgehead atoms. The zero-order valence-corrected chi connectivity index (χ0v) is 17.4. The van der Waals surface area contributed by atoms with E-state index in [1.54, 1.807) is 12.1 Å². The fourth-order valence-corrected chi connectivity index (χ4v) is 4.40. The molecule has 3 heterocycles. The number of cyclic esters (lactones) is 1. The lowest BCUT2D eigenvalue weighted by molar-refractivity contribution is -0.133. The van der Waals surface area contributed by atoms with E-state index in [2.05, 4.69) is 5.32 Å². The molecule has 1 saturated carbocycles. The lowest BCUT2D eigenvalue weighted by atomic mass is 9.97. The van der Waals surface area contributed by atoms with Crippen LogP contribution in [0.1, 0.15) is 24.8 Å². The zero-order valence-electron chi connectivity index (χ0n) is 17.4. The van der Waals surface area contributed by atoms with Gasteiger partial charge in [0.05, 0.1) is 12.2 Å². The summed E-state index contributed by atoms with van der Waals surface area (Å²) < 4.78 is 26.4. The van der Waals surface area contributed by atoms with Crippen molar-refractivity contribution in [2.24, 2.45) is 5.92 Å². The van der Waals surface area contributed by atoms with Crippen LogP contribution in [0.15, 0.2) is 18.2 Å². The first-order valence-corrected chi connectivity index (χ1v) is 10.8. The summed E-state index contributed by atoms with van der Waals surface area (Å²) in [6, 6.07) is 2.40. The van der Waals surface area contributed by atoms with Gasteiger partial charge in [0.1, 0.15) is 36.9 Å². The van der Waals surface area contributed by atoms with Gasteiger partial charge in [-0.3, -0.25) is 14.5 Å². The van der Waals surface area contributed by atoms with Crippen molar-refractivity contribution in [1.29, 1.82) is 0 Å². The van der Waals surface area contributed by atoms with Crippen LogP contribution in [-0.2, 0) is 14.3 Å². The van der Waals surface area contributed by atoms with Gasteiger partial charge in [-0.15, -0.1) is 0 Å². The van der Waals surface area contributed by atoms with Crippen molar-refractivity contribution < 1.29 is 33.4 Å². The molecule has 0 radical (unpaired) electrons. The van der Waals surface area contributed by atoms with Crippen molar-refractivity contribution in [3.05, 3.63) is 29.6 Å². The third-order valence-electron chi connectivity index (χ3n) is 6.40. The van der Waals surface area contributed by atoms with E-state index < -0.39 is 30.7 Å². The number of aliphatic hydroxyl groups excluding tert-OH is 1. The van der Waals surface area contributed by atoms with Gasteiger partial charge in [-0.1, -0.05) is 6.08 Å². The van der Waals surface area contributed by atoms with Crippen molar-refractivity contribution in [2.45, 2.75) is 31.4 Å². The molecule has 1 aromatic rings. The largest absolute Gasteiger partial charge is 0.489 e. The van der Waals surface area contributed by atoms with E-state index in [1.165, 1.54) is 15.9 Å². The van der Waals surface area contributed by atoms with E-state index in [1.807, 2.05) is 0 Å². The first kappa shape index (κ1) is 20.7. The number of fused-ring (bicyclic) bond motifs is 3. The summed E-state index contributed by atoms with van der Waals surface area (Å²) in [7, 11) is 0. The molecule has 1 aromatic carbocycles. The summed E-state index contributed by atoms with van der Waals surface area (Å²) in [6.45, 7) is 0.490. The summed E-state index contributed by atoms with van der Waals surface area (Å²) in [5.41, 5.74) is 1.40. The minimum atomic E-state index is -0.590. The lowest BCUT2D eigenvalue weighted by Gasteiger charge is -2.32. The predicted octanol–water partition coefficient (Wildman–Crippen LogP) is 1.05. The second kappa shape index (κ2) is 8.09. The number of nitrogens with one attached hydrogen (secondary N) is 1. The number of halogens is 1. The Morgan fingerprint density at radius 3 is 2.78 bits per heavy atom. The molecular formula is C22H24FN3O6. The highest BCUT2D eigenvalue weighted by atomic mass is 19.1. The number of hydrogen-bond donors (Lipinski definition) is 2. The topological polar surface area (TPSA) is 108 Å². The molecule has 2 N–H and O–H groups in total. The molecule has 0 spiro atoms. The first-order chi connectivity index (χ1) is 15.5. The summed E-state index contributed by atoms with van der Waals surface area (Å²) in [5, 5.41) is 11.8. The number of ether oxygens (including phenoxy) is 2. The third kappa shape index (κ3) is 3.68. The number of rotatable bonds is 5. The molecule has 170 valence electrons. The highest BCUT2D eigenvalue weighted by Gasteiger charge is 2.47. The Labute approximate surface area is 183 Å². The zero-order chi connectivity index (χ0) is 22.4. The molecule has 0 unspecified atom stereocenters. The van der Waals surface area contributed by atoms with Gasteiger partial charge in [0, 0.05) is 30.6 Å². The molecule has 2 fully saturated rings. The van der Waals surface area contributed by atoms with Crippen LogP contribution in [0.2, 0.25) is 0 Å². The quantitative estimate of drug-likeness (QED) is 0.701. The van der Waals surface area contributed by atoms with Gasteiger partial charge in [-0.25, -0.2) is 9.18 Å². The summed E-state index contributed by atoms with van der Waals surface area (Å²) in [5.74, 6) is -0.461. The van der Waals surface area contributed by atoms with Crippen LogP contribution in [0.3, 0.4) is 0 Å². The van der Waals surface area contributed by atoms with Gasteiger partial charge in [-0.2, -0.15) is 0 Å². The number of carbonyl (C=O) groups is 3. The first-order valence-electron chi connectivity index (χ1n) is 10.8. The number of aliphatic hydroxyl groups is 1. The summed E-state index contributed by atoms with van der Waals surface area (Å²) >= 11 is 0. The maximum absolute atomic E-state index is 15.1. The number of benzene rings is 1. The van der Waals surface area contributed by atoms with Crippen LogP contribution in [0.25, 0.3) is 5.57 Å². The molecule has 1 aliphatic carbocycles. The minimum Gasteiger partial charge on any atom is -0.489 e. The fourth-order valence-electron chi connectivity index (χ4n) is 4.40. The van der Waals surface area contributed by atoms with E-state index in [-0.39, 0.29) is 30.9 Å². The Morgan fingerprint density at radius 1 is 1.28 bits per heavy atom. The van der Waals surface area contributed by atoms with Crippen LogP contribution in [0.4, 0.5) is 14.9 Å². The Balaban J connectivity index is 1.33. The molecule has 10 heteroatoms. The fraction of sp³-hybridized carbons (Fsp3) is 0.500. The third-order valence-corrected chi connectivity index (χ3v) is 6.40. The maximum Gasteiger partial charge on any atom is 0.415 e. The van der Waals surface area contributed by atoms with Crippen LogP contribution >= 0.6 is 0 Å². The molecule has 2 atom stereocenters. The molecule has 4 aliphatic rings. The van der Waals surface area contributed by atoms with Gasteiger partial charge in [-0.05, 0) is 30.9 Å². The molecule has 0 aromatic heterocycles. The monoisotopic (exact) mass is 445 g/mol. The van der Waals surface area contributed by atoms with Crippen molar-refractivity contribution in [1.82, 2.24) is 10.2 Å². The van der Waals surface area contributed by atoms with Gasteiger partial charge in [0.25, 0.3) is 0 Å². The van der Waals surface area contributed by atoms with E-state index in [0.717, 1.165) is 18.4 Å². The molecule has 9 nitrogen and oxygen atoms in total. The molecule has 3 aliphatic heterocycles. The highest BCUT2D eigenvalue weighted by molar-refractivity contribution is 5.94. The van der Waals surface area contributed by atoms with Gasteiger partial charge in [0.2, 0.25) is 11.8 Å². The molecule has 32 heavy (non-hydrogen) atoms. The predicted molar refractivity (Wildman–Crippen MR) is 110 cm³/mol. The molecule has 3 amide bonds. The van der Waals surface area contributed by atoms with Gasteiger partial charge < -0.3 is 24.8 Å².